The predicted molar refractivity (Wildman–Crippen MR) is 116 cm³/mol. The highest BCUT2D eigenvalue weighted by molar-refractivity contribution is 6.30. The number of carbonyl (C=O) groups excluding carboxylic acids is 1. The highest BCUT2D eigenvalue weighted by Crippen LogP contribution is 2.30. The quantitative estimate of drug-likeness (QED) is 0.547. The molecule has 0 aliphatic rings. The van der Waals surface area contributed by atoms with Crippen LogP contribution in [0.4, 0.5) is 5.69 Å². The zero-order chi connectivity index (χ0) is 21.0. The molecular weight excluding hydrogens is 388 g/mol. The molecule has 1 atom stereocenters. The predicted octanol–water partition coefficient (Wildman–Crippen LogP) is 4.76. The van der Waals surface area contributed by atoms with Crippen LogP contribution in [0.25, 0.3) is 11.1 Å². The lowest BCUT2D eigenvalue weighted by atomic mass is 10.0. The summed E-state index contributed by atoms with van der Waals surface area (Å²) in [6, 6.07) is 20.7. The minimum Gasteiger partial charge on any atom is -0.457 e. The average molecular weight is 411 g/mol. The Morgan fingerprint density at radius 3 is 2.21 bits per heavy atom. The summed E-state index contributed by atoms with van der Waals surface area (Å²) >= 11 is 5.94. The Balaban J connectivity index is 1.70. The van der Waals surface area contributed by atoms with E-state index in [1.807, 2.05) is 55.5 Å². The highest BCUT2D eigenvalue weighted by Gasteiger charge is 2.27. The number of aryl methyl sites for hydroxylation is 1. The van der Waals surface area contributed by atoms with Gasteiger partial charge in [0.2, 0.25) is 5.91 Å². The Labute approximate surface area is 175 Å². The van der Waals surface area contributed by atoms with Crippen molar-refractivity contribution in [1.29, 1.82) is 0 Å². The molecule has 0 saturated heterocycles. The Kier molecular flexibility index (Phi) is 6.23. The summed E-state index contributed by atoms with van der Waals surface area (Å²) in [5, 5.41) is 12.6. The Hall–Kier alpha value is -2.86. The van der Waals surface area contributed by atoms with Gasteiger partial charge in [-0.3, -0.25) is 4.79 Å². The number of benzene rings is 3. The van der Waals surface area contributed by atoms with Crippen LogP contribution < -0.4 is 15.8 Å². The van der Waals surface area contributed by atoms with Crippen molar-refractivity contribution in [2.45, 2.75) is 19.4 Å². The number of hydrogen-bond donors (Lipinski definition) is 3. The van der Waals surface area contributed by atoms with Crippen molar-refractivity contribution >= 4 is 23.2 Å². The van der Waals surface area contributed by atoms with Crippen LogP contribution in [0, 0.1) is 6.92 Å². The molecule has 1 amide bonds. The lowest BCUT2D eigenvalue weighted by molar-refractivity contribution is -0.121. The van der Waals surface area contributed by atoms with Crippen LogP contribution in [0.1, 0.15) is 12.5 Å². The molecule has 0 radical (unpaired) electrons. The molecule has 29 heavy (non-hydrogen) atoms. The fourth-order valence-electron chi connectivity index (χ4n) is 2.67. The molecule has 3 rings (SSSR count). The van der Waals surface area contributed by atoms with Crippen molar-refractivity contribution in [2.24, 2.45) is 5.73 Å². The highest BCUT2D eigenvalue weighted by atomic mass is 35.5. The summed E-state index contributed by atoms with van der Waals surface area (Å²) < 4.78 is 5.97. The molecular formula is C23H23ClN2O3. The van der Waals surface area contributed by atoms with Gasteiger partial charge in [-0.15, -0.1) is 0 Å². The maximum atomic E-state index is 12.1. The van der Waals surface area contributed by atoms with Crippen LogP contribution in [0.2, 0.25) is 5.02 Å². The summed E-state index contributed by atoms with van der Waals surface area (Å²) in [6.45, 7) is 2.92. The van der Waals surface area contributed by atoms with Crippen LogP contribution in [0.5, 0.6) is 11.5 Å². The van der Waals surface area contributed by atoms with Gasteiger partial charge < -0.3 is 20.9 Å². The molecule has 0 unspecified atom stereocenters. The minimum absolute atomic E-state index is 0.439. The van der Waals surface area contributed by atoms with Gasteiger partial charge >= 0.3 is 0 Å². The van der Waals surface area contributed by atoms with E-state index >= 15 is 0 Å². The third-order valence-corrected chi connectivity index (χ3v) is 4.79. The van der Waals surface area contributed by atoms with E-state index in [-0.39, 0.29) is 0 Å². The molecule has 0 saturated carbocycles. The number of halogens is 1. The fraction of sp³-hybridized carbons (Fsp3) is 0.174. The molecule has 5 nitrogen and oxygen atoms in total. The first-order chi connectivity index (χ1) is 13.8. The molecule has 3 aromatic rings. The fourth-order valence-corrected chi connectivity index (χ4v) is 2.80. The van der Waals surface area contributed by atoms with Gasteiger partial charge in [-0.2, -0.15) is 0 Å². The van der Waals surface area contributed by atoms with E-state index in [1.54, 1.807) is 18.2 Å². The maximum Gasteiger partial charge on any atom is 0.246 e. The van der Waals surface area contributed by atoms with E-state index in [0.29, 0.717) is 22.2 Å². The van der Waals surface area contributed by atoms with E-state index in [9.17, 15) is 9.90 Å². The van der Waals surface area contributed by atoms with Crippen LogP contribution in [-0.4, -0.2) is 23.2 Å². The minimum atomic E-state index is -1.34. The number of carbonyl (C=O) groups is 1. The van der Waals surface area contributed by atoms with Crippen molar-refractivity contribution in [1.82, 2.24) is 0 Å². The summed E-state index contributed by atoms with van der Waals surface area (Å²) in [6.07, 6.45) is 0. The molecule has 0 bridgehead atoms. The monoisotopic (exact) mass is 410 g/mol. The molecule has 6 heteroatoms. The Bertz CT molecular complexity index is 1000. The Morgan fingerprint density at radius 1 is 1.07 bits per heavy atom. The zero-order valence-corrected chi connectivity index (χ0v) is 17.0. The smallest absolute Gasteiger partial charge is 0.246 e. The SMILES string of the molecule is Cc1cc(NC(=O)[C@@](C)(N)CO)ccc1Oc1ccc(-c2ccc(Cl)cc2)cc1. The number of amides is 1. The number of aliphatic hydroxyl groups excluding tert-OH is 1. The van der Waals surface area contributed by atoms with Gasteiger partial charge in [-0.1, -0.05) is 35.9 Å². The largest absolute Gasteiger partial charge is 0.457 e. The third-order valence-electron chi connectivity index (χ3n) is 4.54. The van der Waals surface area contributed by atoms with Gasteiger partial charge in [-0.05, 0) is 73.0 Å². The number of rotatable bonds is 6. The van der Waals surface area contributed by atoms with Gasteiger partial charge in [-0.25, -0.2) is 0 Å². The Morgan fingerprint density at radius 2 is 1.66 bits per heavy atom. The number of nitrogens with one attached hydrogen (secondary N) is 1. The standard InChI is InChI=1S/C23H23ClN2O3/c1-15-13-19(26-22(28)23(2,25)14-27)9-12-21(15)29-20-10-5-17(6-11-20)16-3-7-18(24)8-4-16/h3-13,27H,14,25H2,1-2H3,(H,26,28)/t23-/m0/s1. The first kappa shape index (κ1) is 20.9. The topological polar surface area (TPSA) is 84.6 Å². The van der Waals surface area contributed by atoms with E-state index in [1.165, 1.54) is 6.92 Å². The van der Waals surface area contributed by atoms with Gasteiger partial charge in [0.1, 0.15) is 17.0 Å². The lowest BCUT2D eigenvalue weighted by Crippen LogP contribution is -2.51. The van der Waals surface area contributed by atoms with Gasteiger partial charge in [0, 0.05) is 10.7 Å². The summed E-state index contributed by atoms with van der Waals surface area (Å²) in [5.74, 6) is 0.933. The van der Waals surface area contributed by atoms with Crippen LogP contribution in [-0.2, 0) is 4.79 Å². The number of nitrogens with two attached hydrogens (primary N) is 1. The first-order valence-electron chi connectivity index (χ1n) is 9.14. The summed E-state index contributed by atoms with van der Waals surface area (Å²) in [5.41, 5.74) is 7.99. The van der Waals surface area contributed by atoms with Gasteiger partial charge in [0.25, 0.3) is 0 Å². The van der Waals surface area contributed by atoms with Crippen molar-refractivity contribution in [3.8, 4) is 22.6 Å². The molecule has 0 fully saturated rings. The molecule has 150 valence electrons. The summed E-state index contributed by atoms with van der Waals surface area (Å²) in [4.78, 5) is 12.1. The zero-order valence-electron chi connectivity index (χ0n) is 16.3. The first-order valence-corrected chi connectivity index (χ1v) is 9.52. The summed E-state index contributed by atoms with van der Waals surface area (Å²) in [7, 11) is 0. The van der Waals surface area contributed by atoms with Crippen LogP contribution in [0.3, 0.4) is 0 Å². The average Bonchev–Trinajstić information content (AvgIpc) is 2.71. The van der Waals surface area contributed by atoms with E-state index in [0.717, 1.165) is 16.7 Å². The molecule has 3 aromatic carbocycles. The van der Waals surface area contributed by atoms with Crippen molar-refractivity contribution in [3.63, 3.8) is 0 Å². The molecule has 0 heterocycles. The molecule has 0 spiro atoms. The van der Waals surface area contributed by atoms with Gasteiger partial charge in [0.15, 0.2) is 0 Å². The van der Waals surface area contributed by atoms with Crippen LogP contribution >= 0.6 is 11.6 Å². The van der Waals surface area contributed by atoms with E-state index in [4.69, 9.17) is 22.1 Å². The van der Waals surface area contributed by atoms with E-state index in [2.05, 4.69) is 5.32 Å². The van der Waals surface area contributed by atoms with Gasteiger partial charge in [0.05, 0.1) is 6.61 Å². The molecule has 0 aromatic heterocycles. The van der Waals surface area contributed by atoms with Crippen molar-refractivity contribution in [2.75, 3.05) is 11.9 Å². The number of ether oxygens (including phenoxy) is 1. The van der Waals surface area contributed by atoms with E-state index < -0.39 is 18.1 Å². The normalized spacial score (nSPS) is 12.9. The lowest BCUT2D eigenvalue weighted by Gasteiger charge is -2.21. The molecule has 0 aliphatic heterocycles. The second-order valence-electron chi connectivity index (χ2n) is 7.14. The molecule has 0 aliphatic carbocycles. The third kappa shape index (κ3) is 5.15. The van der Waals surface area contributed by atoms with Crippen molar-refractivity contribution < 1.29 is 14.6 Å². The second-order valence-corrected chi connectivity index (χ2v) is 7.58. The van der Waals surface area contributed by atoms with Crippen LogP contribution in [0.15, 0.2) is 66.7 Å². The maximum absolute atomic E-state index is 12.1. The van der Waals surface area contributed by atoms with Crippen molar-refractivity contribution in [3.05, 3.63) is 77.3 Å². The molecule has 4 N–H and O–H groups in total. The number of anilines is 1. The number of aliphatic hydroxyl groups is 1. The number of hydrogen-bond acceptors (Lipinski definition) is 4. The second kappa shape index (κ2) is 8.66.